The van der Waals surface area contributed by atoms with E-state index < -0.39 is 11.7 Å². The number of nitrogens with zero attached hydrogens (tertiary/aromatic N) is 2. The maximum Gasteiger partial charge on any atom is 0.378 e. The Balaban J connectivity index is 1.41. The SMILES string of the molecule is O=CNC(OC1CCCCC1)(C(=O)ON1CCN(C2CCNCC2)CC1)C1CCCCC1. The molecule has 8 nitrogen and oxygen atoms in total. The van der Waals surface area contributed by atoms with E-state index in [2.05, 4.69) is 15.5 Å². The fourth-order valence-electron chi connectivity index (χ4n) is 6.08. The molecule has 2 heterocycles. The number of piperidine rings is 1. The van der Waals surface area contributed by atoms with Crippen LogP contribution in [-0.4, -0.2) is 79.5 Å². The molecule has 4 fully saturated rings. The third-order valence-corrected chi connectivity index (χ3v) is 7.97. The van der Waals surface area contributed by atoms with Gasteiger partial charge in [0.2, 0.25) is 12.1 Å². The predicted octanol–water partition coefficient (Wildman–Crippen LogP) is 2.19. The average molecular weight is 451 g/mol. The Morgan fingerprint density at radius 2 is 1.50 bits per heavy atom. The summed E-state index contributed by atoms with van der Waals surface area (Å²) in [6.45, 7) is 5.36. The fourth-order valence-corrected chi connectivity index (χ4v) is 6.08. The third kappa shape index (κ3) is 5.82. The van der Waals surface area contributed by atoms with E-state index in [0.717, 1.165) is 77.5 Å². The maximum absolute atomic E-state index is 13.6. The molecule has 0 aromatic rings. The summed E-state index contributed by atoms with van der Waals surface area (Å²) >= 11 is 0. The maximum atomic E-state index is 13.6. The second-order valence-electron chi connectivity index (χ2n) is 10.0. The molecule has 0 bridgehead atoms. The molecule has 2 aliphatic carbocycles. The number of hydrogen-bond donors (Lipinski definition) is 2. The number of hydroxylamine groups is 2. The number of piperazine rings is 1. The van der Waals surface area contributed by atoms with Crippen LogP contribution in [0.2, 0.25) is 0 Å². The lowest BCUT2D eigenvalue weighted by Crippen LogP contribution is -2.63. The van der Waals surface area contributed by atoms with Crippen LogP contribution >= 0.6 is 0 Å². The summed E-state index contributed by atoms with van der Waals surface area (Å²) in [7, 11) is 0. The summed E-state index contributed by atoms with van der Waals surface area (Å²) in [4.78, 5) is 33.8. The molecule has 182 valence electrons. The molecule has 8 heteroatoms. The van der Waals surface area contributed by atoms with Crippen LogP contribution in [0.5, 0.6) is 0 Å². The first-order valence-corrected chi connectivity index (χ1v) is 13.0. The van der Waals surface area contributed by atoms with E-state index in [1.807, 2.05) is 0 Å². The van der Waals surface area contributed by atoms with Gasteiger partial charge in [-0.15, -0.1) is 5.06 Å². The fraction of sp³-hybridized carbons (Fsp3) is 0.917. The highest BCUT2D eigenvalue weighted by Gasteiger charge is 2.51. The van der Waals surface area contributed by atoms with Crippen molar-refractivity contribution in [3.05, 3.63) is 0 Å². The van der Waals surface area contributed by atoms with Gasteiger partial charge in [-0.3, -0.25) is 9.69 Å². The largest absolute Gasteiger partial charge is 0.378 e. The quantitative estimate of drug-likeness (QED) is 0.433. The average Bonchev–Trinajstić information content (AvgIpc) is 2.86. The zero-order valence-corrected chi connectivity index (χ0v) is 19.6. The molecule has 2 saturated heterocycles. The lowest BCUT2D eigenvalue weighted by atomic mass is 9.81. The molecule has 2 aliphatic heterocycles. The number of amides is 1. The molecule has 0 spiro atoms. The van der Waals surface area contributed by atoms with Crippen LogP contribution in [0.3, 0.4) is 0 Å². The molecular formula is C24H42N4O4. The monoisotopic (exact) mass is 450 g/mol. The van der Waals surface area contributed by atoms with Gasteiger partial charge >= 0.3 is 5.97 Å². The van der Waals surface area contributed by atoms with Crippen LogP contribution < -0.4 is 10.6 Å². The van der Waals surface area contributed by atoms with Gasteiger partial charge in [0, 0.05) is 38.1 Å². The van der Waals surface area contributed by atoms with Crippen molar-refractivity contribution in [1.29, 1.82) is 0 Å². The Labute approximate surface area is 192 Å². The van der Waals surface area contributed by atoms with E-state index >= 15 is 0 Å². The molecule has 0 aromatic carbocycles. The van der Waals surface area contributed by atoms with Crippen molar-refractivity contribution in [3.63, 3.8) is 0 Å². The van der Waals surface area contributed by atoms with Gasteiger partial charge in [0.1, 0.15) is 0 Å². The second-order valence-corrected chi connectivity index (χ2v) is 10.0. The highest BCUT2D eigenvalue weighted by Crippen LogP contribution is 2.37. The number of carbonyl (C=O) groups excluding carboxylic acids is 2. The summed E-state index contributed by atoms with van der Waals surface area (Å²) in [6, 6.07) is 0.627. The first kappa shape index (κ1) is 23.9. The van der Waals surface area contributed by atoms with Gasteiger partial charge in [0.15, 0.2) is 0 Å². The number of nitrogens with one attached hydrogen (secondary N) is 2. The zero-order chi connectivity index (χ0) is 22.2. The Morgan fingerprint density at radius 3 is 2.12 bits per heavy atom. The molecule has 2 N–H and O–H groups in total. The van der Waals surface area contributed by atoms with Crippen LogP contribution in [0, 0.1) is 5.92 Å². The van der Waals surface area contributed by atoms with Gasteiger partial charge in [-0.05, 0) is 51.6 Å². The Kier molecular flexibility index (Phi) is 8.80. The molecule has 1 unspecified atom stereocenters. The van der Waals surface area contributed by atoms with E-state index in [1.54, 1.807) is 5.06 Å². The van der Waals surface area contributed by atoms with Crippen molar-refractivity contribution in [1.82, 2.24) is 20.6 Å². The van der Waals surface area contributed by atoms with Crippen LogP contribution in [0.15, 0.2) is 0 Å². The van der Waals surface area contributed by atoms with Crippen molar-refractivity contribution >= 4 is 12.4 Å². The van der Waals surface area contributed by atoms with Crippen LogP contribution in [0.1, 0.15) is 77.0 Å². The molecule has 0 aromatic heterocycles. The van der Waals surface area contributed by atoms with Gasteiger partial charge in [0.25, 0.3) is 0 Å². The van der Waals surface area contributed by atoms with Gasteiger partial charge in [-0.25, -0.2) is 4.79 Å². The highest BCUT2D eigenvalue weighted by atomic mass is 16.7. The van der Waals surface area contributed by atoms with Crippen LogP contribution in [-0.2, 0) is 19.2 Å². The summed E-state index contributed by atoms with van der Waals surface area (Å²) in [5.41, 5.74) is -1.36. The van der Waals surface area contributed by atoms with E-state index in [9.17, 15) is 9.59 Å². The molecular weight excluding hydrogens is 408 g/mol. The van der Waals surface area contributed by atoms with Gasteiger partial charge in [0.05, 0.1) is 6.10 Å². The third-order valence-electron chi connectivity index (χ3n) is 7.97. The van der Waals surface area contributed by atoms with Crippen LogP contribution in [0.4, 0.5) is 0 Å². The predicted molar refractivity (Wildman–Crippen MR) is 122 cm³/mol. The minimum atomic E-state index is -1.36. The zero-order valence-electron chi connectivity index (χ0n) is 19.6. The second kappa shape index (κ2) is 11.8. The first-order chi connectivity index (χ1) is 15.7. The normalized spacial score (nSPS) is 27.5. The van der Waals surface area contributed by atoms with Crippen molar-refractivity contribution in [3.8, 4) is 0 Å². The molecule has 1 amide bonds. The van der Waals surface area contributed by atoms with Crippen LogP contribution in [0.25, 0.3) is 0 Å². The van der Waals surface area contributed by atoms with Gasteiger partial charge in [-0.2, -0.15) is 0 Å². The topological polar surface area (TPSA) is 83.1 Å². The molecule has 4 rings (SSSR count). The summed E-state index contributed by atoms with van der Waals surface area (Å²) in [5, 5.41) is 8.05. The summed E-state index contributed by atoms with van der Waals surface area (Å²) in [5.74, 6) is -0.468. The Hall–Kier alpha value is -1.22. The van der Waals surface area contributed by atoms with Gasteiger partial charge < -0.3 is 20.2 Å². The Bertz CT molecular complexity index is 595. The van der Waals surface area contributed by atoms with Crippen molar-refractivity contribution in [2.45, 2.75) is 94.9 Å². The number of rotatable bonds is 8. The van der Waals surface area contributed by atoms with Crippen molar-refractivity contribution in [2.75, 3.05) is 39.3 Å². The highest BCUT2D eigenvalue weighted by molar-refractivity contribution is 5.82. The van der Waals surface area contributed by atoms with Gasteiger partial charge in [-0.1, -0.05) is 38.5 Å². The lowest BCUT2D eigenvalue weighted by Gasteiger charge is -2.44. The van der Waals surface area contributed by atoms with E-state index in [-0.39, 0.29) is 12.0 Å². The first-order valence-electron chi connectivity index (χ1n) is 13.0. The minimum Gasteiger partial charge on any atom is -0.364 e. The number of hydrogen-bond acceptors (Lipinski definition) is 7. The molecule has 1 atom stereocenters. The van der Waals surface area contributed by atoms with E-state index in [0.29, 0.717) is 25.5 Å². The minimum absolute atomic E-state index is 0.00225. The Morgan fingerprint density at radius 1 is 0.875 bits per heavy atom. The van der Waals surface area contributed by atoms with Crippen molar-refractivity contribution in [2.24, 2.45) is 5.92 Å². The van der Waals surface area contributed by atoms with E-state index in [4.69, 9.17) is 9.57 Å². The molecule has 32 heavy (non-hydrogen) atoms. The van der Waals surface area contributed by atoms with Crippen molar-refractivity contribution < 1.29 is 19.2 Å². The van der Waals surface area contributed by atoms with E-state index in [1.165, 1.54) is 25.7 Å². The molecule has 0 radical (unpaired) electrons. The molecule has 4 aliphatic rings. The number of carbonyl (C=O) groups is 2. The standard InChI is InChI=1S/C24H42N4O4/c29-19-26-24(20-7-3-1-4-8-20,31-22-9-5-2-6-10-22)23(30)32-28-17-15-27(16-18-28)21-11-13-25-14-12-21/h19-22,25H,1-18H2,(H,26,29). The smallest absolute Gasteiger partial charge is 0.364 e. The summed E-state index contributed by atoms with van der Waals surface area (Å²) < 4.78 is 6.52. The molecule has 2 saturated carbocycles. The lowest BCUT2D eigenvalue weighted by molar-refractivity contribution is -0.242. The summed E-state index contributed by atoms with van der Waals surface area (Å²) in [6.07, 6.45) is 13.4. The number of ether oxygens (including phenoxy) is 1.